The Balaban J connectivity index is 1.68. The highest BCUT2D eigenvalue weighted by molar-refractivity contribution is 7.90. The van der Waals surface area contributed by atoms with Crippen LogP contribution in [0.3, 0.4) is 0 Å². The number of rotatable bonds is 7. The molecule has 0 fully saturated rings. The van der Waals surface area contributed by atoms with Gasteiger partial charge in [-0.25, -0.2) is 8.42 Å². The standard InChI is InChI=1S/C23H25NO4S/c1-4-22(18-10-13-21(14-11-18)29(3,26)27)24-23(25)16(2)28-20-12-9-17-7-5-6-8-19(17)15-20/h5-16,22H,4H2,1-3H3,(H,24,25)/t16-,22-/m0/s1. The van der Waals surface area contributed by atoms with Crippen LogP contribution in [0.1, 0.15) is 31.9 Å². The Morgan fingerprint density at radius 2 is 1.66 bits per heavy atom. The van der Waals surface area contributed by atoms with Crippen LogP contribution in [0.15, 0.2) is 71.6 Å². The van der Waals surface area contributed by atoms with E-state index in [9.17, 15) is 13.2 Å². The van der Waals surface area contributed by atoms with Gasteiger partial charge in [-0.1, -0.05) is 49.4 Å². The molecular formula is C23H25NO4S. The number of ether oxygens (including phenoxy) is 1. The molecule has 0 bridgehead atoms. The fraction of sp³-hybridized carbons (Fsp3) is 0.261. The second-order valence-corrected chi connectivity index (χ2v) is 9.10. The molecule has 3 aromatic carbocycles. The monoisotopic (exact) mass is 411 g/mol. The molecule has 0 aliphatic heterocycles. The number of carbonyl (C=O) groups is 1. The molecule has 3 rings (SSSR count). The first kappa shape index (κ1) is 20.9. The van der Waals surface area contributed by atoms with Gasteiger partial charge in [0.05, 0.1) is 10.9 Å². The Morgan fingerprint density at radius 3 is 2.28 bits per heavy atom. The lowest BCUT2D eigenvalue weighted by atomic mass is 10.0. The van der Waals surface area contributed by atoms with Crippen molar-refractivity contribution in [1.29, 1.82) is 0 Å². The maximum Gasteiger partial charge on any atom is 0.261 e. The van der Waals surface area contributed by atoms with Crippen molar-refractivity contribution in [3.63, 3.8) is 0 Å². The van der Waals surface area contributed by atoms with Crippen molar-refractivity contribution in [2.75, 3.05) is 6.26 Å². The van der Waals surface area contributed by atoms with Gasteiger partial charge in [0.1, 0.15) is 5.75 Å². The van der Waals surface area contributed by atoms with Gasteiger partial charge >= 0.3 is 0 Å². The number of amides is 1. The predicted octanol–water partition coefficient (Wildman–Crippen LogP) is 4.28. The Kier molecular flexibility index (Phi) is 6.23. The molecule has 0 radical (unpaired) electrons. The minimum absolute atomic E-state index is 0.223. The van der Waals surface area contributed by atoms with Crippen LogP contribution < -0.4 is 10.1 Å². The number of benzene rings is 3. The first-order chi connectivity index (χ1) is 13.8. The molecule has 2 atom stereocenters. The Hall–Kier alpha value is -2.86. The van der Waals surface area contributed by atoms with Crippen LogP contribution in [-0.2, 0) is 14.6 Å². The van der Waals surface area contributed by atoms with Gasteiger partial charge in [-0.05, 0) is 53.9 Å². The zero-order valence-electron chi connectivity index (χ0n) is 16.8. The van der Waals surface area contributed by atoms with Gasteiger partial charge in [-0.3, -0.25) is 4.79 Å². The van der Waals surface area contributed by atoms with E-state index in [1.165, 1.54) is 6.26 Å². The van der Waals surface area contributed by atoms with Crippen LogP contribution in [0.4, 0.5) is 0 Å². The molecule has 0 aliphatic rings. The normalized spacial score (nSPS) is 13.6. The third-order valence-corrected chi connectivity index (χ3v) is 5.97. The molecule has 0 saturated heterocycles. The molecule has 0 heterocycles. The topological polar surface area (TPSA) is 72.5 Å². The number of fused-ring (bicyclic) bond motifs is 1. The van der Waals surface area contributed by atoms with Gasteiger partial charge in [-0.15, -0.1) is 0 Å². The van der Waals surface area contributed by atoms with E-state index in [-0.39, 0.29) is 16.8 Å². The Bertz CT molecular complexity index is 1110. The van der Waals surface area contributed by atoms with E-state index < -0.39 is 15.9 Å². The smallest absolute Gasteiger partial charge is 0.261 e. The van der Waals surface area contributed by atoms with Crippen LogP contribution in [0.5, 0.6) is 5.75 Å². The summed E-state index contributed by atoms with van der Waals surface area (Å²) in [6.07, 6.45) is 1.18. The van der Waals surface area contributed by atoms with E-state index >= 15 is 0 Å². The van der Waals surface area contributed by atoms with Crippen LogP contribution in [0.25, 0.3) is 10.8 Å². The fourth-order valence-electron chi connectivity index (χ4n) is 3.16. The molecule has 29 heavy (non-hydrogen) atoms. The Morgan fingerprint density at radius 1 is 1.00 bits per heavy atom. The SMILES string of the molecule is CC[C@H](NC(=O)[C@H](C)Oc1ccc2ccccc2c1)c1ccc(S(C)(=O)=O)cc1. The zero-order chi connectivity index (χ0) is 21.0. The summed E-state index contributed by atoms with van der Waals surface area (Å²) in [6.45, 7) is 3.67. The predicted molar refractivity (Wildman–Crippen MR) is 115 cm³/mol. The zero-order valence-corrected chi connectivity index (χ0v) is 17.6. The molecule has 1 amide bonds. The Labute approximate surface area is 171 Å². The van der Waals surface area contributed by atoms with Gasteiger partial charge < -0.3 is 10.1 Å². The van der Waals surface area contributed by atoms with Crippen molar-refractivity contribution in [2.24, 2.45) is 0 Å². The molecule has 0 aliphatic carbocycles. The van der Waals surface area contributed by atoms with Gasteiger partial charge in [-0.2, -0.15) is 0 Å². The van der Waals surface area contributed by atoms with Gasteiger partial charge in [0.15, 0.2) is 15.9 Å². The molecule has 0 unspecified atom stereocenters. The maximum atomic E-state index is 12.6. The van der Waals surface area contributed by atoms with E-state index in [1.54, 1.807) is 31.2 Å². The van der Waals surface area contributed by atoms with Crippen LogP contribution in [0.2, 0.25) is 0 Å². The molecule has 152 valence electrons. The van der Waals surface area contributed by atoms with Crippen LogP contribution in [-0.4, -0.2) is 26.7 Å². The summed E-state index contributed by atoms with van der Waals surface area (Å²) >= 11 is 0. The highest BCUT2D eigenvalue weighted by Crippen LogP contribution is 2.23. The molecular weight excluding hydrogens is 386 g/mol. The van der Waals surface area contributed by atoms with Crippen molar-refractivity contribution in [1.82, 2.24) is 5.32 Å². The van der Waals surface area contributed by atoms with E-state index in [4.69, 9.17) is 4.74 Å². The number of hydrogen-bond acceptors (Lipinski definition) is 4. The summed E-state index contributed by atoms with van der Waals surface area (Å²) in [5.74, 6) is 0.411. The number of carbonyl (C=O) groups excluding carboxylic acids is 1. The molecule has 6 heteroatoms. The van der Waals surface area contributed by atoms with E-state index in [1.807, 2.05) is 49.4 Å². The summed E-state index contributed by atoms with van der Waals surface area (Å²) < 4.78 is 29.1. The number of sulfone groups is 1. The molecule has 0 aromatic heterocycles. The lowest BCUT2D eigenvalue weighted by Gasteiger charge is -2.21. The van der Waals surface area contributed by atoms with Crippen molar-refractivity contribution in [3.05, 3.63) is 72.3 Å². The van der Waals surface area contributed by atoms with Crippen LogP contribution >= 0.6 is 0 Å². The maximum absolute atomic E-state index is 12.6. The highest BCUT2D eigenvalue weighted by atomic mass is 32.2. The van der Waals surface area contributed by atoms with Crippen molar-refractivity contribution >= 4 is 26.5 Å². The van der Waals surface area contributed by atoms with Crippen molar-refractivity contribution < 1.29 is 17.9 Å². The van der Waals surface area contributed by atoms with Gasteiger partial charge in [0.25, 0.3) is 5.91 Å². The van der Waals surface area contributed by atoms with Gasteiger partial charge in [0, 0.05) is 6.26 Å². The first-order valence-electron chi connectivity index (χ1n) is 9.54. The minimum Gasteiger partial charge on any atom is -0.481 e. The average Bonchev–Trinajstić information content (AvgIpc) is 2.71. The molecule has 1 N–H and O–H groups in total. The summed E-state index contributed by atoms with van der Waals surface area (Å²) in [7, 11) is -3.25. The van der Waals surface area contributed by atoms with Crippen molar-refractivity contribution in [2.45, 2.75) is 37.3 Å². The lowest BCUT2D eigenvalue weighted by Crippen LogP contribution is -2.38. The van der Waals surface area contributed by atoms with E-state index in [2.05, 4.69) is 5.32 Å². The minimum atomic E-state index is -3.25. The first-order valence-corrected chi connectivity index (χ1v) is 11.4. The van der Waals surface area contributed by atoms with E-state index in [0.29, 0.717) is 12.2 Å². The largest absolute Gasteiger partial charge is 0.481 e. The van der Waals surface area contributed by atoms with Crippen molar-refractivity contribution in [3.8, 4) is 5.75 Å². The fourth-order valence-corrected chi connectivity index (χ4v) is 3.79. The summed E-state index contributed by atoms with van der Waals surface area (Å²) in [5.41, 5.74) is 0.853. The average molecular weight is 412 g/mol. The second kappa shape index (κ2) is 8.66. The summed E-state index contributed by atoms with van der Waals surface area (Å²) in [4.78, 5) is 12.9. The highest BCUT2D eigenvalue weighted by Gasteiger charge is 2.20. The lowest BCUT2D eigenvalue weighted by molar-refractivity contribution is -0.128. The van der Waals surface area contributed by atoms with Gasteiger partial charge in [0.2, 0.25) is 0 Å². The molecule has 3 aromatic rings. The quantitative estimate of drug-likeness (QED) is 0.630. The third kappa shape index (κ3) is 5.15. The number of nitrogens with one attached hydrogen (secondary N) is 1. The summed E-state index contributed by atoms with van der Waals surface area (Å²) in [6, 6.07) is 20.1. The van der Waals surface area contributed by atoms with Crippen LogP contribution in [0, 0.1) is 0 Å². The molecule has 0 spiro atoms. The summed E-state index contributed by atoms with van der Waals surface area (Å²) in [5, 5.41) is 5.15. The second-order valence-electron chi connectivity index (χ2n) is 7.08. The molecule has 5 nitrogen and oxygen atoms in total. The molecule has 0 saturated carbocycles. The van der Waals surface area contributed by atoms with E-state index in [0.717, 1.165) is 16.3 Å². The third-order valence-electron chi connectivity index (χ3n) is 4.84. The number of hydrogen-bond donors (Lipinski definition) is 1.